The Bertz CT molecular complexity index is 1120. The number of amides is 1. The molecule has 1 N–H and O–H groups in total. The van der Waals surface area contributed by atoms with E-state index in [0.717, 1.165) is 40.0 Å². The van der Waals surface area contributed by atoms with E-state index in [0.29, 0.717) is 26.3 Å². The molecule has 0 unspecified atom stereocenters. The summed E-state index contributed by atoms with van der Waals surface area (Å²) in [6, 6.07) is 13.6. The molecular weight excluding hydrogens is 448 g/mol. The van der Waals surface area contributed by atoms with Crippen LogP contribution in [0.15, 0.2) is 51.7 Å². The highest BCUT2D eigenvalue weighted by Crippen LogP contribution is 2.30. The first-order chi connectivity index (χ1) is 14.6. The van der Waals surface area contributed by atoms with Crippen molar-refractivity contribution in [2.45, 2.75) is 26.4 Å². The summed E-state index contributed by atoms with van der Waals surface area (Å²) in [5, 5.41) is 3.03. The first-order valence-electron chi connectivity index (χ1n) is 10.2. The number of anilines is 2. The van der Waals surface area contributed by atoms with Gasteiger partial charge in [0.1, 0.15) is 0 Å². The number of hydrogen-bond donors (Lipinski definition) is 1. The number of morpholine rings is 1. The van der Waals surface area contributed by atoms with E-state index in [2.05, 4.69) is 26.1 Å². The van der Waals surface area contributed by atoms with Gasteiger partial charge >= 0.3 is 5.69 Å². The molecule has 2 heterocycles. The standard InChI is InChI=1S/C22H25BrN4O3/c1-2-26-19-5-3-4-6-20(19)27(22(26)29)10-9-21(28)24-17-15-16(23)7-8-18(17)25-11-13-30-14-12-25/h3-8,15H,2,9-14H2,1H3,(H,24,28). The maximum Gasteiger partial charge on any atom is 0.329 e. The SMILES string of the molecule is CCn1c(=O)n(CCC(=O)Nc2cc(Br)ccc2N2CCOCC2)c2ccccc21. The molecule has 0 bridgehead atoms. The number of para-hydroxylation sites is 2. The molecule has 0 atom stereocenters. The first kappa shape index (κ1) is 20.7. The van der Waals surface area contributed by atoms with Gasteiger partial charge in [-0.15, -0.1) is 0 Å². The molecule has 1 saturated heterocycles. The van der Waals surface area contributed by atoms with Crippen molar-refractivity contribution in [2.24, 2.45) is 0 Å². The van der Waals surface area contributed by atoms with Crippen LogP contribution in [0.4, 0.5) is 11.4 Å². The van der Waals surface area contributed by atoms with Crippen LogP contribution in [0.2, 0.25) is 0 Å². The molecule has 4 rings (SSSR count). The third-order valence-electron chi connectivity index (χ3n) is 5.39. The van der Waals surface area contributed by atoms with Crippen LogP contribution in [-0.4, -0.2) is 41.3 Å². The van der Waals surface area contributed by atoms with E-state index in [1.165, 1.54) is 0 Å². The van der Waals surface area contributed by atoms with E-state index in [1.54, 1.807) is 9.13 Å². The second kappa shape index (κ2) is 9.06. The number of benzene rings is 2. The predicted molar refractivity (Wildman–Crippen MR) is 122 cm³/mol. The number of aromatic nitrogens is 2. The summed E-state index contributed by atoms with van der Waals surface area (Å²) in [6.45, 7) is 5.80. The second-order valence-electron chi connectivity index (χ2n) is 7.23. The number of aryl methyl sites for hydroxylation is 2. The topological polar surface area (TPSA) is 68.5 Å². The predicted octanol–water partition coefficient (Wildman–Crippen LogP) is 3.45. The van der Waals surface area contributed by atoms with E-state index in [-0.39, 0.29) is 18.0 Å². The van der Waals surface area contributed by atoms with E-state index < -0.39 is 0 Å². The van der Waals surface area contributed by atoms with E-state index >= 15 is 0 Å². The van der Waals surface area contributed by atoms with Gasteiger partial charge in [-0.1, -0.05) is 28.1 Å². The number of rotatable bonds is 6. The molecule has 0 saturated carbocycles. The van der Waals surface area contributed by atoms with Crippen LogP contribution in [-0.2, 0) is 22.6 Å². The van der Waals surface area contributed by atoms with Crippen molar-refractivity contribution < 1.29 is 9.53 Å². The second-order valence-corrected chi connectivity index (χ2v) is 8.14. The molecule has 1 fully saturated rings. The Balaban J connectivity index is 1.51. The Hall–Kier alpha value is -2.58. The lowest BCUT2D eigenvalue weighted by Crippen LogP contribution is -2.36. The highest BCUT2D eigenvalue weighted by atomic mass is 79.9. The van der Waals surface area contributed by atoms with Crippen LogP contribution in [0.25, 0.3) is 11.0 Å². The molecule has 158 valence electrons. The Kier molecular flexibility index (Phi) is 6.24. The minimum absolute atomic E-state index is 0.0806. The van der Waals surface area contributed by atoms with Crippen molar-refractivity contribution in [2.75, 3.05) is 36.5 Å². The minimum atomic E-state index is -0.122. The fraction of sp³-hybridized carbons (Fsp3) is 0.364. The average Bonchev–Trinajstić information content (AvgIpc) is 3.03. The van der Waals surface area contributed by atoms with Crippen molar-refractivity contribution in [1.82, 2.24) is 9.13 Å². The summed E-state index contributed by atoms with van der Waals surface area (Å²) in [5.74, 6) is -0.122. The van der Waals surface area contributed by atoms with Gasteiger partial charge in [-0.05, 0) is 37.3 Å². The lowest BCUT2D eigenvalue weighted by molar-refractivity contribution is -0.116. The quantitative estimate of drug-likeness (QED) is 0.596. The number of hydrogen-bond acceptors (Lipinski definition) is 4. The lowest BCUT2D eigenvalue weighted by Gasteiger charge is -2.30. The zero-order valence-electron chi connectivity index (χ0n) is 16.9. The molecule has 1 amide bonds. The third-order valence-corrected chi connectivity index (χ3v) is 5.88. The van der Waals surface area contributed by atoms with Gasteiger partial charge in [-0.3, -0.25) is 13.9 Å². The molecule has 3 aromatic rings. The number of ether oxygens (including phenoxy) is 1. The van der Waals surface area contributed by atoms with E-state index in [4.69, 9.17) is 4.74 Å². The molecule has 8 heteroatoms. The van der Waals surface area contributed by atoms with Crippen LogP contribution in [0.5, 0.6) is 0 Å². The lowest BCUT2D eigenvalue weighted by atomic mass is 10.2. The third kappa shape index (κ3) is 4.15. The van der Waals surface area contributed by atoms with Gasteiger partial charge in [0.05, 0.1) is 35.6 Å². The number of halogens is 1. The summed E-state index contributed by atoms with van der Waals surface area (Å²) in [5.41, 5.74) is 3.41. The van der Waals surface area contributed by atoms with Gasteiger partial charge in [0.2, 0.25) is 5.91 Å². The summed E-state index contributed by atoms with van der Waals surface area (Å²) in [4.78, 5) is 27.7. The van der Waals surface area contributed by atoms with E-state index in [9.17, 15) is 9.59 Å². The molecule has 0 spiro atoms. The van der Waals surface area contributed by atoms with Gasteiger partial charge in [-0.25, -0.2) is 4.79 Å². The van der Waals surface area contributed by atoms with E-state index in [1.807, 2.05) is 49.4 Å². The van der Waals surface area contributed by atoms with Gasteiger partial charge in [-0.2, -0.15) is 0 Å². The Morgan fingerprint density at radius 3 is 2.50 bits per heavy atom. The molecule has 0 aliphatic carbocycles. The smallest absolute Gasteiger partial charge is 0.329 e. The van der Waals surface area contributed by atoms with Gasteiger partial charge in [0, 0.05) is 37.1 Å². The number of nitrogens with one attached hydrogen (secondary N) is 1. The molecule has 30 heavy (non-hydrogen) atoms. The van der Waals surface area contributed by atoms with Crippen molar-refractivity contribution >= 4 is 44.2 Å². The number of fused-ring (bicyclic) bond motifs is 1. The van der Waals surface area contributed by atoms with Gasteiger partial charge in [0.15, 0.2) is 0 Å². The summed E-state index contributed by atoms with van der Waals surface area (Å²) in [7, 11) is 0. The fourth-order valence-corrected chi connectivity index (χ4v) is 4.27. The Labute approximate surface area is 183 Å². The van der Waals surface area contributed by atoms with Crippen molar-refractivity contribution in [3.05, 3.63) is 57.4 Å². The number of carbonyl (C=O) groups excluding carboxylic acids is 1. The van der Waals surface area contributed by atoms with Crippen LogP contribution in [0, 0.1) is 0 Å². The summed E-state index contributed by atoms with van der Waals surface area (Å²) < 4.78 is 9.76. The molecular formula is C22H25BrN4O3. The monoisotopic (exact) mass is 472 g/mol. The highest BCUT2D eigenvalue weighted by Gasteiger charge is 2.17. The maximum absolute atomic E-state index is 12.8. The molecule has 7 nitrogen and oxygen atoms in total. The summed E-state index contributed by atoms with van der Waals surface area (Å²) in [6.07, 6.45) is 0.215. The number of nitrogens with zero attached hydrogens (tertiary/aromatic N) is 3. The maximum atomic E-state index is 12.8. The van der Waals surface area contributed by atoms with Crippen LogP contribution < -0.4 is 15.9 Å². The molecule has 1 aliphatic heterocycles. The fourth-order valence-electron chi connectivity index (χ4n) is 3.91. The number of carbonyl (C=O) groups is 1. The minimum Gasteiger partial charge on any atom is -0.378 e. The zero-order valence-corrected chi connectivity index (χ0v) is 18.5. The first-order valence-corrected chi connectivity index (χ1v) is 11.0. The summed E-state index contributed by atoms with van der Waals surface area (Å²) >= 11 is 3.49. The van der Waals surface area contributed by atoms with Crippen LogP contribution in [0.1, 0.15) is 13.3 Å². The largest absolute Gasteiger partial charge is 0.378 e. The van der Waals surface area contributed by atoms with Crippen molar-refractivity contribution in [1.29, 1.82) is 0 Å². The van der Waals surface area contributed by atoms with Gasteiger partial charge in [0.25, 0.3) is 0 Å². The Morgan fingerprint density at radius 1 is 1.10 bits per heavy atom. The van der Waals surface area contributed by atoms with Crippen LogP contribution >= 0.6 is 15.9 Å². The Morgan fingerprint density at radius 2 is 1.80 bits per heavy atom. The van der Waals surface area contributed by atoms with Gasteiger partial charge < -0.3 is 15.0 Å². The molecule has 1 aliphatic rings. The van der Waals surface area contributed by atoms with Crippen molar-refractivity contribution in [3.63, 3.8) is 0 Å². The molecule has 1 aromatic heterocycles. The average molecular weight is 473 g/mol. The molecule has 2 aromatic carbocycles. The highest BCUT2D eigenvalue weighted by molar-refractivity contribution is 9.10. The number of imidazole rings is 1. The zero-order chi connectivity index (χ0) is 21.1. The van der Waals surface area contributed by atoms with Crippen molar-refractivity contribution in [3.8, 4) is 0 Å². The normalized spacial score (nSPS) is 14.3. The molecule has 0 radical (unpaired) electrons. The van der Waals surface area contributed by atoms with Crippen LogP contribution in [0.3, 0.4) is 0 Å².